The molecular formula is C19H22F3IN6OS. The third-order valence-corrected chi connectivity index (χ3v) is 4.82. The van der Waals surface area contributed by atoms with Crippen LogP contribution in [0.2, 0.25) is 0 Å². The first-order valence-electron chi connectivity index (χ1n) is 9.11. The van der Waals surface area contributed by atoms with Gasteiger partial charge in [0.2, 0.25) is 0 Å². The molecule has 31 heavy (non-hydrogen) atoms. The average molecular weight is 566 g/mol. The Labute approximate surface area is 198 Å². The number of ether oxygens (including phenoxy) is 1. The van der Waals surface area contributed by atoms with E-state index in [-0.39, 0.29) is 30.5 Å². The van der Waals surface area contributed by atoms with Crippen LogP contribution in [0.3, 0.4) is 0 Å². The molecule has 2 heterocycles. The molecule has 0 radical (unpaired) electrons. The lowest BCUT2D eigenvalue weighted by Crippen LogP contribution is -2.36. The van der Waals surface area contributed by atoms with Gasteiger partial charge < -0.3 is 15.4 Å². The molecular weight excluding hydrogens is 544 g/mol. The van der Waals surface area contributed by atoms with Crippen molar-refractivity contribution in [1.82, 2.24) is 25.4 Å². The van der Waals surface area contributed by atoms with Gasteiger partial charge in [0.15, 0.2) is 11.7 Å². The fraction of sp³-hybridized carbons (Fsp3) is 0.316. The van der Waals surface area contributed by atoms with Crippen molar-refractivity contribution in [3.63, 3.8) is 0 Å². The Kier molecular flexibility index (Phi) is 9.10. The number of nitrogens with zero attached hydrogens (tertiary/aromatic N) is 4. The van der Waals surface area contributed by atoms with E-state index in [1.807, 2.05) is 43.5 Å². The van der Waals surface area contributed by atoms with Gasteiger partial charge in [0, 0.05) is 18.1 Å². The number of rotatable bonds is 7. The van der Waals surface area contributed by atoms with Crippen LogP contribution in [-0.4, -0.2) is 34.4 Å². The highest BCUT2D eigenvalue weighted by Gasteiger charge is 2.33. The predicted molar refractivity (Wildman–Crippen MR) is 124 cm³/mol. The lowest BCUT2D eigenvalue weighted by atomic mass is 10.3. The molecule has 0 aliphatic rings. The molecule has 12 heteroatoms. The highest BCUT2D eigenvalue weighted by molar-refractivity contribution is 14.0. The first-order valence-corrected chi connectivity index (χ1v) is 9.99. The summed E-state index contributed by atoms with van der Waals surface area (Å²) < 4.78 is 44.9. The summed E-state index contributed by atoms with van der Waals surface area (Å²) in [7, 11) is 1.61. The Bertz CT molecular complexity index is 987. The van der Waals surface area contributed by atoms with Gasteiger partial charge in [-0.15, -0.1) is 35.3 Å². The van der Waals surface area contributed by atoms with E-state index in [1.54, 1.807) is 11.8 Å². The lowest BCUT2D eigenvalue weighted by molar-refractivity contribution is -0.140. The Morgan fingerprint density at radius 1 is 1.19 bits per heavy atom. The van der Waals surface area contributed by atoms with Gasteiger partial charge in [0.1, 0.15) is 10.8 Å². The van der Waals surface area contributed by atoms with Crippen molar-refractivity contribution in [1.29, 1.82) is 0 Å². The molecule has 0 aliphatic heterocycles. The Balaban J connectivity index is 0.00000341. The summed E-state index contributed by atoms with van der Waals surface area (Å²) in [5.74, 6) is 1.24. The number of methoxy groups -OCH3 is 1. The minimum Gasteiger partial charge on any atom is -0.497 e. The van der Waals surface area contributed by atoms with Crippen LogP contribution in [0.15, 0.2) is 46.9 Å². The summed E-state index contributed by atoms with van der Waals surface area (Å²) in [6, 6.07) is 9.35. The van der Waals surface area contributed by atoms with E-state index in [9.17, 15) is 13.2 Å². The maximum atomic E-state index is 12.7. The number of aromatic nitrogens is 3. The zero-order chi connectivity index (χ0) is 21.6. The molecule has 0 bridgehead atoms. The largest absolute Gasteiger partial charge is 0.497 e. The SMILES string of the molecule is CCNC(=NCc1ccn(-c2ccc(OC)cc2)n1)NCc1nc(C(F)(F)F)cs1.I. The average Bonchev–Trinajstić information content (AvgIpc) is 3.40. The maximum absolute atomic E-state index is 12.7. The van der Waals surface area contributed by atoms with Gasteiger partial charge in [0.05, 0.1) is 31.6 Å². The number of hydrogen-bond donors (Lipinski definition) is 2. The van der Waals surface area contributed by atoms with Crippen LogP contribution < -0.4 is 15.4 Å². The molecule has 3 rings (SSSR count). The van der Waals surface area contributed by atoms with Gasteiger partial charge >= 0.3 is 6.18 Å². The van der Waals surface area contributed by atoms with Crippen molar-refractivity contribution >= 4 is 41.3 Å². The van der Waals surface area contributed by atoms with Crippen LogP contribution in [0.5, 0.6) is 5.75 Å². The molecule has 0 fully saturated rings. The fourth-order valence-corrected chi connectivity index (χ4v) is 3.25. The van der Waals surface area contributed by atoms with Crippen molar-refractivity contribution in [3.05, 3.63) is 58.3 Å². The standard InChI is InChI=1S/C19H21F3N6OS.HI/c1-3-23-18(25-11-17-26-16(12-30-17)19(20,21)22)24-10-13-8-9-28(27-13)14-4-6-15(29-2)7-5-14;/h4-9,12H,3,10-11H2,1-2H3,(H2,23,24,25);1H. The van der Waals surface area contributed by atoms with Crippen molar-refractivity contribution in [2.24, 2.45) is 4.99 Å². The lowest BCUT2D eigenvalue weighted by Gasteiger charge is -2.09. The first-order chi connectivity index (χ1) is 14.4. The summed E-state index contributed by atoms with van der Waals surface area (Å²) >= 11 is 0.953. The van der Waals surface area contributed by atoms with Crippen molar-refractivity contribution in [3.8, 4) is 11.4 Å². The second kappa shape index (κ2) is 11.3. The summed E-state index contributed by atoms with van der Waals surface area (Å²) in [5, 5.41) is 11.9. The minimum absolute atomic E-state index is 0. The van der Waals surface area contributed by atoms with Gasteiger partial charge in [-0.1, -0.05) is 0 Å². The molecule has 0 aliphatic carbocycles. The molecule has 1 aromatic carbocycles. The van der Waals surface area contributed by atoms with Crippen LogP contribution in [-0.2, 0) is 19.3 Å². The molecule has 168 valence electrons. The zero-order valence-corrected chi connectivity index (χ0v) is 20.0. The number of alkyl halides is 3. The molecule has 0 saturated heterocycles. The van der Waals surface area contributed by atoms with Crippen molar-refractivity contribution in [2.45, 2.75) is 26.2 Å². The summed E-state index contributed by atoms with van der Waals surface area (Å²) in [4.78, 5) is 8.05. The first kappa shape index (κ1) is 24.9. The van der Waals surface area contributed by atoms with Crippen molar-refractivity contribution < 1.29 is 17.9 Å². The van der Waals surface area contributed by atoms with Gasteiger partial charge in [-0.3, -0.25) is 0 Å². The number of guanidine groups is 1. The van der Waals surface area contributed by atoms with E-state index in [4.69, 9.17) is 4.74 Å². The van der Waals surface area contributed by atoms with Crippen LogP contribution in [0.4, 0.5) is 13.2 Å². The van der Waals surface area contributed by atoms with E-state index in [2.05, 4.69) is 25.7 Å². The Morgan fingerprint density at radius 2 is 1.94 bits per heavy atom. The second-order valence-corrected chi connectivity index (χ2v) is 7.07. The van der Waals surface area contributed by atoms with E-state index in [0.717, 1.165) is 33.8 Å². The smallest absolute Gasteiger partial charge is 0.434 e. The number of nitrogens with one attached hydrogen (secondary N) is 2. The van der Waals surface area contributed by atoms with Crippen LogP contribution >= 0.6 is 35.3 Å². The molecule has 7 nitrogen and oxygen atoms in total. The van der Waals surface area contributed by atoms with Crippen molar-refractivity contribution in [2.75, 3.05) is 13.7 Å². The molecule has 0 spiro atoms. The second-order valence-electron chi connectivity index (χ2n) is 6.12. The zero-order valence-electron chi connectivity index (χ0n) is 16.8. The van der Waals surface area contributed by atoms with E-state index >= 15 is 0 Å². The monoisotopic (exact) mass is 566 g/mol. The summed E-state index contributed by atoms with van der Waals surface area (Å²) in [5.41, 5.74) is 0.757. The summed E-state index contributed by atoms with van der Waals surface area (Å²) in [6.45, 7) is 2.97. The van der Waals surface area contributed by atoms with Crippen LogP contribution in [0.1, 0.15) is 23.3 Å². The fourth-order valence-electron chi connectivity index (χ4n) is 2.51. The molecule has 0 unspecified atom stereocenters. The van der Waals surface area contributed by atoms with Gasteiger partial charge in [0.25, 0.3) is 0 Å². The number of aliphatic imine (C=N–C) groups is 1. The maximum Gasteiger partial charge on any atom is 0.434 e. The van der Waals surface area contributed by atoms with Crippen LogP contribution in [0.25, 0.3) is 5.69 Å². The minimum atomic E-state index is -4.43. The number of halogens is 4. The number of thiazole rings is 1. The molecule has 0 saturated carbocycles. The molecule has 3 aromatic rings. The normalized spacial score (nSPS) is 11.7. The molecule has 2 N–H and O–H groups in total. The van der Waals surface area contributed by atoms with Crippen LogP contribution in [0, 0.1) is 0 Å². The summed E-state index contributed by atoms with van der Waals surface area (Å²) in [6.07, 6.45) is -2.60. The number of benzene rings is 1. The van der Waals surface area contributed by atoms with Gasteiger partial charge in [-0.05, 0) is 37.3 Å². The highest BCUT2D eigenvalue weighted by atomic mass is 127. The predicted octanol–water partition coefficient (Wildman–Crippen LogP) is 4.23. The third-order valence-electron chi connectivity index (χ3n) is 3.97. The topological polar surface area (TPSA) is 76.4 Å². The van der Waals surface area contributed by atoms with E-state index in [1.165, 1.54) is 0 Å². The van der Waals surface area contributed by atoms with Gasteiger partial charge in [-0.2, -0.15) is 18.3 Å². The quantitative estimate of drug-likeness (QED) is 0.255. The Morgan fingerprint density at radius 3 is 2.55 bits per heavy atom. The van der Waals surface area contributed by atoms with E-state index in [0.29, 0.717) is 24.1 Å². The molecule has 2 aromatic heterocycles. The van der Waals surface area contributed by atoms with E-state index < -0.39 is 11.9 Å². The number of hydrogen-bond acceptors (Lipinski definition) is 5. The Hall–Kier alpha value is -2.35. The van der Waals surface area contributed by atoms with Gasteiger partial charge in [-0.25, -0.2) is 14.7 Å². The third kappa shape index (κ3) is 7.09. The molecule has 0 atom stereocenters. The molecule has 0 amide bonds. The highest BCUT2D eigenvalue weighted by Crippen LogP contribution is 2.29.